The Bertz CT molecular complexity index is 273. The number of aromatic nitrogens is 1. The van der Waals surface area contributed by atoms with Crippen LogP contribution in [0, 0.1) is 0 Å². The SMILES string of the molecule is CCCCCCc1ccc[n+](CCO)c1. The van der Waals surface area contributed by atoms with Crippen LogP contribution in [0.1, 0.15) is 38.2 Å². The van der Waals surface area contributed by atoms with Gasteiger partial charge in [0, 0.05) is 11.6 Å². The third-order valence-electron chi connectivity index (χ3n) is 2.60. The van der Waals surface area contributed by atoms with E-state index in [1.165, 1.54) is 31.2 Å². The molecule has 0 bridgehead atoms. The predicted octanol–water partition coefficient (Wildman–Crippen LogP) is 2.09. The second-order valence-corrected chi connectivity index (χ2v) is 3.98. The van der Waals surface area contributed by atoms with Gasteiger partial charge in [-0.3, -0.25) is 0 Å². The lowest BCUT2D eigenvalue weighted by Gasteiger charge is -2.00. The van der Waals surface area contributed by atoms with Crippen molar-refractivity contribution in [2.24, 2.45) is 0 Å². The zero-order valence-corrected chi connectivity index (χ0v) is 9.65. The Hall–Kier alpha value is -0.890. The summed E-state index contributed by atoms with van der Waals surface area (Å²) in [7, 11) is 0. The first kappa shape index (κ1) is 12.2. The molecule has 1 aromatic rings. The molecule has 0 atom stereocenters. The maximum atomic E-state index is 8.84. The van der Waals surface area contributed by atoms with Crippen LogP contribution in [0.3, 0.4) is 0 Å². The predicted molar refractivity (Wildman–Crippen MR) is 61.6 cm³/mol. The molecular formula is C13H22NO+. The van der Waals surface area contributed by atoms with E-state index in [0.29, 0.717) is 6.54 Å². The molecule has 0 aliphatic carbocycles. The minimum absolute atomic E-state index is 0.212. The fourth-order valence-electron chi connectivity index (χ4n) is 1.73. The van der Waals surface area contributed by atoms with Crippen molar-refractivity contribution in [3.05, 3.63) is 30.1 Å². The molecule has 84 valence electrons. The Morgan fingerprint density at radius 1 is 1.27 bits per heavy atom. The topological polar surface area (TPSA) is 24.1 Å². The highest BCUT2D eigenvalue weighted by Crippen LogP contribution is 2.05. The van der Waals surface area contributed by atoms with Gasteiger partial charge in [-0.2, -0.15) is 0 Å². The molecule has 0 aromatic carbocycles. The average Bonchev–Trinajstić information content (AvgIpc) is 2.26. The zero-order valence-electron chi connectivity index (χ0n) is 9.65. The number of pyridine rings is 1. The first-order valence-electron chi connectivity index (χ1n) is 5.95. The number of unbranched alkanes of at least 4 members (excludes halogenated alkanes) is 3. The van der Waals surface area contributed by atoms with E-state index in [0.717, 1.165) is 6.42 Å². The second-order valence-electron chi connectivity index (χ2n) is 3.98. The first-order chi connectivity index (χ1) is 7.36. The van der Waals surface area contributed by atoms with Crippen LogP contribution in [0.5, 0.6) is 0 Å². The van der Waals surface area contributed by atoms with Crippen LogP contribution < -0.4 is 4.57 Å². The van der Waals surface area contributed by atoms with Gasteiger partial charge in [0.2, 0.25) is 0 Å². The minimum Gasteiger partial charge on any atom is -0.390 e. The molecule has 0 aliphatic heterocycles. The van der Waals surface area contributed by atoms with E-state index in [4.69, 9.17) is 5.11 Å². The molecule has 1 aromatic heterocycles. The molecule has 0 unspecified atom stereocenters. The van der Waals surface area contributed by atoms with Gasteiger partial charge in [0.25, 0.3) is 0 Å². The van der Waals surface area contributed by atoms with E-state index in [2.05, 4.69) is 29.8 Å². The molecule has 0 fully saturated rings. The lowest BCUT2D eigenvalue weighted by atomic mass is 10.1. The summed E-state index contributed by atoms with van der Waals surface area (Å²) in [5.41, 5.74) is 1.38. The Kier molecular flexibility index (Phi) is 6.02. The summed E-state index contributed by atoms with van der Waals surface area (Å²) in [6.07, 6.45) is 10.5. The van der Waals surface area contributed by atoms with Crippen LogP contribution in [0.4, 0.5) is 0 Å². The summed E-state index contributed by atoms with van der Waals surface area (Å²) < 4.78 is 2.05. The van der Waals surface area contributed by atoms with Crippen LogP contribution >= 0.6 is 0 Å². The van der Waals surface area contributed by atoms with Gasteiger partial charge in [0.1, 0.15) is 6.61 Å². The quantitative estimate of drug-likeness (QED) is 0.538. The highest BCUT2D eigenvalue weighted by molar-refractivity contribution is 5.05. The smallest absolute Gasteiger partial charge is 0.172 e. The van der Waals surface area contributed by atoms with Crippen LogP contribution in [-0.2, 0) is 13.0 Å². The standard InChI is InChI=1S/C13H22NO/c1-2-3-4-5-7-13-8-6-9-14(12-13)10-11-15/h6,8-9,12,15H,2-5,7,10-11H2,1H3/q+1. The molecule has 0 aliphatic rings. The van der Waals surface area contributed by atoms with E-state index in [1.54, 1.807) is 0 Å². The molecule has 15 heavy (non-hydrogen) atoms. The fourth-order valence-corrected chi connectivity index (χ4v) is 1.73. The van der Waals surface area contributed by atoms with Gasteiger partial charge in [0.05, 0.1) is 0 Å². The van der Waals surface area contributed by atoms with E-state index < -0.39 is 0 Å². The summed E-state index contributed by atoms with van der Waals surface area (Å²) in [6, 6.07) is 4.23. The second kappa shape index (κ2) is 7.41. The first-order valence-corrected chi connectivity index (χ1v) is 5.95. The highest BCUT2D eigenvalue weighted by atomic mass is 16.3. The van der Waals surface area contributed by atoms with Gasteiger partial charge in [-0.15, -0.1) is 0 Å². The van der Waals surface area contributed by atoms with Crippen molar-refractivity contribution in [3.63, 3.8) is 0 Å². The number of nitrogens with zero attached hydrogens (tertiary/aromatic N) is 1. The number of rotatable bonds is 7. The molecule has 0 amide bonds. The van der Waals surface area contributed by atoms with Gasteiger partial charge in [-0.05, 0) is 18.9 Å². The van der Waals surface area contributed by atoms with Crippen molar-refractivity contribution in [2.45, 2.75) is 45.6 Å². The summed E-state index contributed by atoms with van der Waals surface area (Å²) >= 11 is 0. The van der Waals surface area contributed by atoms with Crippen molar-refractivity contribution in [1.29, 1.82) is 0 Å². The maximum Gasteiger partial charge on any atom is 0.172 e. The molecule has 1 rings (SSSR count). The van der Waals surface area contributed by atoms with Crippen LogP contribution in [-0.4, -0.2) is 11.7 Å². The molecule has 2 heteroatoms. The third-order valence-corrected chi connectivity index (χ3v) is 2.60. The molecule has 1 N–H and O–H groups in total. The lowest BCUT2D eigenvalue weighted by molar-refractivity contribution is -0.698. The Balaban J connectivity index is 2.36. The largest absolute Gasteiger partial charge is 0.390 e. The van der Waals surface area contributed by atoms with E-state index in [-0.39, 0.29) is 6.61 Å². The number of aliphatic hydroxyl groups is 1. The van der Waals surface area contributed by atoms with Crippen molar-refractivity contribution < 1.29 is 9.67 Å². The Labute approximate surface area is 92.6 Å². The summed E-state index contributed by atoms with van der Waals surface area (Å²) in [5, 5.41) is 8.84. The molecule has 2 nitrogen and oxygen atoms in total. The number of hydrogen-bond acceptors (Lipinski definition) is 1. The van der Waals surface area contributed by atoms with E-state index >= 15 is 0 Å². The summed E-state index contributed by atoms with van der Waals surface area (Å²) in [6.45, 7) is 3.14. The Morgan fingerprint density at radius 2 is 2.13 bits per heavy atom. The zero-order chi connectivity index (χ0) is 10.9. The van der Waals surface area contributed by atoms with Gasteiger partial charge in [-0.25, -0.2) is 4.57 Å². The van der Waals surface area contributed by atoms with Crippen LogP contribution in [0.25, 0.3) is 0 Å². The van der Waals surface area contributed by atoms with Crippen LogP contribution in [0.2, 0.25) is 0 Å². The number of hydrogen-bond donors (Lipinski definition) is 1. The summed E-state index contributed by atoms with van der Waals surface area (Å²) in [5.74, 6) is 0. The molecule has 0 saturated heterocycles. The molecule has 0 radical (unpaired) electrons. The Morgan fingerprint density at radius 3 is 2.87 bits per heavy atom. The van der Waals surface area contributed by atoms with Gasteiger partial charge in [0.15, 0.2) is 18.9 Å². The van der Waals surface area contributed by atoms with Crippen molar-refractivity contribution in [1.82, 2.24) is 0 Å². The molecule has 1 heterocycles. The summed E-state index contributed by atoms with van der Waals surface area (Å²) in [4.78, 5) is 0. The molecular weight excluding hydrogens is 186 g/mol. The average molecular weight is 208 g/mol. The van der Waals surface area contributed by atoms with Gasteiger partial charge in [-0.1, -0.05) is 26.2 Å². The molecule has 0 spiro atoms. The normalized spacial score (nSPS) is 10.5. The monoisotopic (exact) mass is 208 g/mol. The van der Waals surface area contributed by atoms with Crippen LogP contribution in [0.15, 0.2) is 24.5 Å². The van der Waals surface area contributed by atoms with E-state index in [9.17, 15) is 0 Å². The maximum absolute atomic E-state index is 8.84. The third kappa shape index (κ3) is 4.93. The van der Waals surface area contributed by atoms with Crippen molar-refractivity contribution >= 4 is 0 Å². The highest BCUT2D eigenvalue weighted by Gasteiger charge is 2.01. The number of aryl methyl sites for hydroxylation is 1. The lowest BCUT2D eigenvalue weighted by Crippen LogP contribution is -2.35. The van der Waals surface area contributed by atoms with Gasteiger partial charge >= 0.3 is 0 Å². The minimum atomic E-state index is 0.212. The van der Waals surface area contributed by atoms with Gasteiger partial charge < -0.3 is 5.11 Å². The van der Waals surface area contributed by atoms with E-state index in [1.807, 2.05) is 6.20 Å². The van der Waals surface area contributed by atoms with Crippen molar-refractivity contribution in [2.75, 3.05) is 6.61 Å². The molecule has 0 saturated carbocycles. The number of aliphatic hydroxyl groups excluding tert-OH is 1. The van der Waals surface area contributed by atoms with Crippen molar-refractivity contribution in [3.8, 4) is 0 Å². The fraction of sp³-hybridized carbons (Fsp3) is 0.615.